The standard InChI is InChI=1S/C18H26IN5O2/c1-18(2,3)26-17(25)22-11-6-5-7-24(10-11)16-12-9-21-23(4)15(12)13(19)8-14(16)20/h8-9,11H,5-7,10,20H2,1-4H3,(H,22,25)/t11-/m1/s1. The molecule has 1 aliphatic rings. The van der Waals surface area contributed by atoms with Gasteiger partial charge in [0.15, 0.2) is 0 Å². The highest BCUT2D eigenvalue weighted by Crippen LogP contribution is 2.37. The number of benzene rings is 1. The highest BCUT2D eigenvalue weighted by Gasteiger charge is 2.27. The second-order valence-corrected chi connectivity index (χ2v) is 8.92. The molecule has 0 unspecified atom stereocenters. The van der Waals surface area contributed by atoms with Crippen molar-refractivity contribution in [2.45, 2.75) is 45.3 Å². The molecule has 3 N–H and O–H groups in total. The first-order valence-electron chi connectivity index (χ1n) is 8.80. The van der Waals surface area contributed by atoms with E-state index in [1.54, 1.807) is 0 Å². The molecule has 26 heavy (non-hydrogen) atoms. The molecule has 2 aromatic rings. The number of carbonyl (C=O) groups is 1. The van der Waals surface area contributed by atoms with Crippen LogP contribution < -0.4 is 16.0 Å². The summed E-state index contributed by atoms with van der Waals surface area (Å²) >= 11 is 2.29. The number of amides is 1. The van der Waals surface area contributed by atoms with Crippen LogP contribution in [0.1, 0.15) is 33.6 Å². The van der Waals surface area contributed by atoms with E-state index in [1.165, 1.54) is 0 Å². The average molecular weight is 471 g/mol. The minimum absolute atomic E-state index is 0.0315. The topological polar surface area (TPSA) is 85.4 Å². The minimum atomic E-state index is -0.499. The zero-order valence-electron chi connectivity index (χ0n) is 15.7. The van der Waals surface area contributed by atoms with E-state index < -0.39 is 5.60 Å². The molecular formula is C18H26IN5O2. The summed E-state index contributed by atoms with van der Waals surface area (Å²) in [7, 11) is 1.94. The second-order valence-electron chi connectivity index (χ2n) is 7.76. The van der Waals surface area contributed by atoms with Crippen molar-refractivity contribution in [1.29, 1.82) is 0 Å². The number of nitrogens with one attached hydrogen (secondary N) is 1. The summed E-state index contributed by atoms with van der Waals surface area (Å²) in [4.78, 5) is 14.4. The summed E-state index contributed by atoms with van der Waals surface area (Å²) in [6, 6.07) is 2.02. The van der Waals surface area contributed by atoms with Crippen LogP contribution in [0.15, 0.2) is 12.3 Å². The van der Waals surface area contributed by atoms with Crippen LogP contribution in [-0.2, 0) is 11.8 Å². The Morgan fingerprint density at radius 3 is 2.88 bits per heavy atom. The number of aryl methyl sites for hydroxylation is 1. The van der Waals surface area contributed by atoms with Gasteiger partial charge in [-0.15, -0.1) is 0 Å². The number of carbonyl (C=O) groups excluding carboxylic acids is 1. The lowest BCUT2D eigenvalue weighted by Gasteiger charge is -2.36. The van der Waals surface area contributed by atoms with Gasteiger partial charge in [0.05, 0.1) is 23.1 Å². The molecule has 2 heterocycles. The van der Waals surface area contributed by atoms with Crippen LogP contribution in [0.2, 0.25) is 0 Å². The Balaban J connectivity index is 1.82. The van der Waals surface area contributed by atoms with Crippen LogP contribution in [0.25, 0.3) is 10.9 Å². The number of anilines is 2. The molecule has 142 valence electrons. The number of hydrogen-bond acceptors (Lipinski definition) is 5. The van der Waals surface area contributed by atoms with Crippen molar-refractivity contribution in [2.75, 3.05) is 23.7 Å². The van der Waals surface area contributed by atoms with E-state index in [-0.39, 0.29) is 12.1 Å². The number of alkyl carbamates (subject to hydrolysis) is 1. The van der Waals surface area contributed by atoms with Gasteiger partial charge in [0.2, 0.25) is 0 Å². The van der Waals surface area contributed by atoms with Gasteiger partial charge in [-0.05, 0) is 62.3 Å². The molecule has 0 spiro atoms. The molecule has 1 atom stereocenters. The van der Waals surface area contributed by atoms with Crippen LogP contribution in [0, 0.1) is 3.57 Å². The van der Waals surface area contributed by atoms with Crippen molar-refractivity contribution in [3.8, 4) is 0 Å². The Kier molecular flexibility index (Phi) is 5.23. The molecule has 0 aliphatic carbocycles. The van der Waals surface area contributed by atoms with Crippen molar-refractivity contribution < 1.29 is 9.53 Å². The highest BCUT2D eigenvalue weighted by atomic mass is 127. The lowest BCUT2D eigenvalue weighted by Crippen LogP contribution is -2.49. The molecule has 0 saturated carbocycles. The van der Waals surface area contributed by atoms with Crippen LogP contribution in [0.4, 0.5) is 16.2 Å². The summed E-state index contributed by atoms with van der Waals surface area (Å²) in [6.45, 7) is 7.21. The maximum Gasteiger partial charge on any atom is 0.407 e. The Labute approximate surface area is 167 Å². The normalized spacial score (nSPS) is 18.2. The molecular weight excluding hydrogens is 445 g/mol. The number of hydrogen-bond donors (Lipinski definition) is 2. The van der Waals surface area contributed by atoms with Crippen LogP contribution in [0.5, 0.6) is 0 Å². The third-order valence-corrected chi connectivity index (χ3v) is 5.26. The number of fused-ring (bicyclic) bond motifs is 1. The number of nitrogens with zero attached hydrogens (tertiary/aromatic N) is 3. The van der Waals surface area contributed by atoms with Crippen molar-refractivity contribution in [3.05, 3.63) is 15.8 Å². The van der Waals surface area contributed by atoms with E-state index >= 15 is 0 Å². The maximum atomic E-state index is 12.1. The zero-order valence-corrected chi connectivity index (χ0v) is 17.8. The highest BCUT2D eigenvalue weighted by molar-refractivity contribution is 14.1. The Hall–Kier alpha value is -1.71. The monoisotopic (exact) mass is 471 g/mol. The van der Waals surface area contributed by atoms with Crippen LogP contribution >= 0.6 is 22.6 Å². The van der Waals surface area contributed by atoms with Gasteiger partial charge in [-0.1, -0.05) is 0 Å². The molecule has 1 aromatic carbocycles. The van der Waals surface area contributed by atoms with Gasteiger partial charge in [0, 0.05) is 35.1 Å². The number of piperidine rings is 1. The first kappa shape index (κ1) is 19.1. The van der Waals surface area contributed by atoms with E-state index in [9.17, 15) is 4.79 Å². The van der Waals surface area contributed by atoms with Gasteiger partial charge in [-0.3, -0.25) is 4.68 Å². The molecule has 1 aliphatic heterocycles. The number of nitrogens with two attached hydrogens (primary N) is 1. The molecule has 1 aromatic heterocycles. The smallest absolute Gasteiger partial charge is 0.407 e. The van der Waals surface area contributed by atoms with Gasteiger partial charge in [-0.2, -0.15) is 5.10 Å². The molecule has 7 nitrogen and oxygen atoms in total. The van der Waals surface area contributed by atoms with Gasteiger partial charge < -0.3 is 20.7 Å². The number of rotatable bonds is 2. The first-order chi connectivity index (χ1) is 12.2. The number of aromatic nitrogens is 2. The lowest BCUT2D eigenvalue weighted by atomic mass is 10.0. The number of ether oxygens (including phenoxy) is 1. The number of nitrogen functional groups attached to an aromatic ring is 1. The fourth-order valence-corrected chi connectivity index (χ4v) is 4.42. The van der Waals surface area contributed by atoms with Crippen molar-refractivity contribution in [2.24, 2.45) is 7.05 Å². The predicted octanol–water partition coefficient (Wildman–Crippen LogP) is 3.25. The summed E-state index contributed by atoms with van der Waals surface area (Å²) in [5.74, 6) is 0. The Bertz CT molecular complexity index is 827. The second kappa shape index (κ2) is 7.13. The molecule has 1 amide bonds. The third-order valence-electron chi connectivity index (χ3n) is 4.43. The Morgan fingerprint density at radius 1 is 1.46 bits per heavy atom. The average Bonchev–Trinajstić information content (AvgIpc) is 2.87. The summed E-state index contributed by atoms with van der Waals surface area (Å²) in [6.07, 6.45) is 3.41. The van der Waals surface area contributed by atoms with Crippen LogP contribution in [-0.4, -0.2) is 40.6 Å². The summed E-state index contributed by atoms with van der Waals surface area (Å²) < 4.78 is 8.34. The largest absolute Gasteiger partial charge is 0.444 e. The molecule has 1 saturated heterocycles. The quantitative estimate of drug-likeness (QED) is 0.519. The fraction of sp³-hybridized carbons (Fsp3) is 0.556. The van der Waals surface area contributed by atoms with E-state index in [2.05, 4.69) is 37.9 Å². The predicted molar refractivity (Wildman–Crippen MR) is 112 cm³/mol. The van der Waals surface area contributed by atoms with Gasteiger partial charge in [0.1, 0.15) is 5.60 Å². The molecule has 0 radical (unpaired) electrons. The molecule has 8 heteroatoms. The first-order valence-corrected chi connectivity index (χ1v) is 9.88. The van der Waals surface area contributed by atoms with E-state index in [4.69, 9.17) is 10.5 Å². The van der Waals surface area contributed by atoms with Crippen molar-refractivity contribution in [3.63, 3.8) is 0 Å². The minimum Gasteiger partial charge on any atom is -0.444 e. The zero-order chi connectivity index (χ0) is 19.1. The molecule has 3 rings (SSSR count). The summed E-state index contributed by atoms with van der Waals surface area (Å²) in [5, 5.41) is 8.44. The fourth-order valence-electron chi connectivity index (χ4n) is 3.45. The van der Waals surface area contributed by atoms with E-state index in [0.717, 1.165) is 45.2 Å². The van der Waals surface area contributed by atoms with E-state index in [1.807, 2.05) is 44.8 Å². The SMILES string of the molecule is Cn1ncc2c(N3CCC[C@@H](NC(=O)OC(C)(C)C)C3)c(N)cc(I)c21. The van der Waals surface area contributed by atoms with Crippen molar-refractivity contribution >= 4 is 51.0 Å². The third kappa shape index (κ3) is 3.99. The molecule has 0 bridgehead atoms. The van der Waals surface area contributed by atoms with Crippen LogP contribution in [0.3, 0.4) is 0 Å². The van der Waals surface area contributed by atoms with Gasteiger partial charge >= 0.3 is 6.09 Å². The lowest BCUT2D eigenvalue weighted by molar-refractivity contribution is 0.0500. The Morgan fingerprint density at radius 2 is 2.19 bits per heavy atom. The summed E-state index contributed by atoms with van der Waals surface area (Å²) in [5.41, 5.74) is 8.69. The molecule has 1 fully saturated rings. The van der Waals surface area contributed by atoms with Gasteiger partial charge in [-0.25, -0.2) is 4.79 Å². The van der Waals surface area contributed by atoms with Crippen molar-refractivity contribution in [1.82, 2.24) is 15.1 Å². The maximum absolute atomic E-state index is 12.1. The van der Waals surface area contributed by atoms with E-state index in [0.29, 0.717) is 6.54 Å². The van der Waals surface area contributed by atoms with Gasteiger partial charge in [0.25, 0.3) is 0 Å². The number of halogens is 1.